The first-order valence-corrected chi connectivity index (χ1v) is 11.7. The number of nitrogens with one attached hydrogen (secondary N) is 1. The van der Waals surface area contributed by atoms with E-state index in [1.165, 1.54) is 4.57 Å². The van der Waals surface area contributed by atoms with Crippen molar-refractivity contribution in [2.24, 2.45) is 0 Å². The zero-order valence-corrected chi connectivity index (χ0v) is 20.0. The van der Waals surface area contributed by atoms with Crippen LogP contribution >= 0.6 is 39.7 Å². The normalized spacial score (nSPS) is 14.3. The summed E-state index contributed by atoms with van der Waals surface area (Å²) in [4.78, 5) is 32.7. The Morgan fingerprint density at radius 2 is 1.90 bits per heavy atom. The lowest BCUT2D eigenvalue weighted by atomic mass is 10.2. The molecule has 1 aromatic heterocycles. The van der Waals surface area contributed by atoms with Gasteiger partial charge in [0.25, 0.3) is 5.56 Å². The molecule has 0 spiro atoms. The number of anilines is 1. The van der Waals surface area contributed by atoms with Gasteiger partial charge in [0, 0.05) is 54.3 Å². The molecule has 1 amide bonds. The largest absolute Gasteiger partial charge is 0.368 e. The summed E-state index contributed by atoms with van der Waals surface area (Å²) in [5.41, 5.74) is 1.65. The minimum absolute atomic E-state index is 0.109. The SMILES string of the molecule is O=C(CCCn1c(=S)[nH]c2ccc(Br)cc2c1=O)N1CCN(c2cccc(Cl)c2)CC1. The van der Waals surface area contributed by atoms with Crippen molar-refractivity contribution in [3.05, 3.63) is 67.1 Å². The maximum atomic E-state index is 12.8. The minimum Gasteiger partial charge on any atom is -0.368 e. The van der Waals surface area contributed by atoms with Gasteiger partial charge in [0.05, 0.1) is 10.9 Å². The number of aromatic nitrogens is 2. The summed E-state index contributed by atoms with van der Waals surface area (Å²) in [6, 6.07) is 13.2. The van der Waals surface area contributed by atoms with Crippen molar-refractivity contribution in [1.82, 2.24) is 14.5 Å². The lowest BCUT2D eigenvalue weighted by Gasteiger charge is -2.36. The van der Waals surface area contributed by atoms with Gasteiger partial charge < -0.3 is 14.8 Å². The fraction of sp³-hybridized carbons (Fsp3) is 0.318. The highest BCUT2D eigenvalue weighted by Crippen LogP contribution is 2.21. The Bertz CT molecular complexity index is 1230. The number of halogens is 2. The summed E-state index contributed by atoms with van der Waals surface area (Å²) in [5.74, 6) is 0.109. The third-order valence-electron chi connectivity index (χ3n) is 5.52. The zero-order chi connectivity index (χ0) is 22.0. The molecule has 31 heavy (non-hydrogen) atoms. The summed E-state index contributed by atoms with van der Waals surface area (Å²) < 4.78 is 2.75. The number of aromatic amines is 1. The Morgan fingerprint density at radius 1 is 1.13 bits per heavy atom. The van der Waals surface area contributed by atoms with Crippen LogP contribution in [0.5, 0.6) is 0 Å². The molecule has 1 saturated heterocycles. The highest BCUT2D eigenvalue weighted by atomic mass is 79.9. The van der Waals surface area contributed by atoms with Gasteiger partial charge in [-0.2, -0.15) is 0 Å². The molecular formula is C22H22BrClN4O2S. The molecule has 9 heteroatoms. The van der Waals surface area contributed by atoms with Crippen molar-refractivity contribution in [2.45, 2.75) is 19.4 Å². The topological polar surface area (TPSA) is 61.3 Å². The molecule has 0 radical (unpaired) electrons. The fourth-order valence-corrected chi connectivity index (χ4v) is 4.69. The van der Waals surface area contributed by atoms with E-state index in [9.17, 15) is 9.59 Å². The lowest BCUT2D eigenvalue weighted by Crippen LogP contribution is -2.48. The van der Waals surface area contributed by atoms with Gasteiger partial charge in [-0.3, -0.25) is 14.2 Å². The van der Waals surface area contributed by atoms with Crippen molar-refractivity contribution < 1.29 is 4.79 Å². The molecule has 1 N–H and O–H groups in total. The average Bonchev–Trinajstić information content (AvgIpc) is 2.76. The van der Waals surface area contributed by atoms with E-state index in [-0.39, 0.29) is 11.5 Å². The van der Waals surface area contributed by atoms with Gasteiger partial charge >= 0.3 is 0 Å². The van der Waals surface area contributed by atoms with Gasteiger partial charge in [0.2, 0.25) is 5.91 Å². The zero-order valence-electron chi connectivity index (χ0n) is 16.8. The summed E-state index contributed by atoms with van der Waals surface area (Å²) in [6.45, 7) is 3.31. The number of rotatable bonds is 5. The van der Waals surface area contributed by atoms with Crippen LogP contribution in [0.4, 0.5) is 5.69 Å². The molecule has 0 aliphatic carbocycles. The van der Waals surface area contributed by atoms with E-state index in [4.69, 9.17) is 23.8 Å². The molecule has 0 atom stereocenters. The standard InChI is InChI=1S/C22H22BrClN4O2S/c23-15-6-7-19-18(13-15)21(30)28(22(31)25-19)8-2-5-20(29)27-11-9-26(10-12-27)17-4-1-3-16(24)14-17/h1,3-4,6-7,13-14H,2,5,8-12H2,(H,25,31). The van der Waals surface area contributed by atoms with Crippen molar-refractivity contribution in [2.75, 3.05) is 31.1 Å². The van der Waals surface area contributed by atoms with E-state index < -0.39 is 0 Å². The van der Waals surface area contributed by atoms with E-state index in [0.29, 0.717) is 53.2 Å². The number of amides is 1. The summed E-state index contributed by atoms with van der Waals surface area (Å²) in [5, 5.41) is 1.29. The van der Waals surface area contributed by atoms with Crippen LogP contribution in [0.25, 0.3) is 10.9 Å². The van der Waals surface area contributed by atoms with Gasteiger partial charge in [-0.05, 0) is 55.0 Å². The molecule has 3 aromatic rings. The third-order valence-corrected chi connectivity index (χ3v) is 6.57. The Kier molecular flexibility index (Phi) is 6.79. The maximum Gasteiger partial charge on any atom is 0.262 e. The van der Waals surface area contributed by atoms with Gasteiger partial charge in [0.15, 0.2) is 4.77 Å². The number of benzene rings is 2. The number of hydrogen-bond donors (Lipinski definition) is 1. The second kappa shape index (κ2) is 9.54. The molecule has 1 fully saturated rings. The molecule has 4 rings (SSSR count). The number of carbonyl (C=O) groups excluding carboxylic acids is 1. The van der Waals surface area contributed by atoms with Crippen molar-refractivity contribution in [1.29, 1.82) is 0 Å². The van der Waals surface area contributed by atoms with Crippen LogP contribution in [0.1, 0.15) is 12.8 Å². The van der Waals surface area contributed by atoms with Crippen molar-refractivity contribution in [3.8, 4) is 0 Å². The lowest BCUT2D eigenvalue weighted by molar-refractivity contribution is -0.131. The van der Waals surface area contributed by atoms with E-state index in [1.54, 1.807) is 6.07 Å². The van der Waals surface area contributed by atoms with Crippen molar-refractivity contribution >= 4 is 62.2 Å². The first kappa shape index (κ1) is 22.0. The van der Waals surface area contributed by atoms with Crippen LogP contribution in [-0.2, 0) is 11.3 Å². The second-order valence-corrected chi connectivity index (χ2v) is 9.27. The van der Waals surface area contributed by atoms with Gasteiger partial charge in [-0.15, -0.1) is 0 Å². The van der Waals surface area contributed by atoms with Crippen LogP contribution in [0, 0.1) is 4.77 Å². The fourth-order valence-electron chi connectivity index (χ4n) is 3.86. The highest BCUT2D eigenvalue weighted by Gasteiger charge is 2.21. The third kappa shape index (κ3) is 5.02. The molecule has 0 bridgehead atoms. The van der Waals surface area contributed by atoms with Crippen molar-refractivity contribution in [3.63, 3.8) is 0 Å². The first-order valence-electron chi connectivity index (χ1n) is 10.1. The summed E-state index contributed by atoms with van der Waals surface area (Å²) in [7, 11) is 0. The van der Waals surface area contributed by atoms with Crippen LogP contribution in [0.15, 0.2) is 51.7 Å². The average molecular weight is 522 g/mol. The quantitative estimate of drug-likeness (QED) is 0.498. The molecule has 162 valence electrons. The molecule has 2 aromatic carbocycles. The molecule has 0 unspecified atom stereocenters. The van der Waals surface area contributed by atoms with Crippen LogP contribution in [0.2, 0.25) is 5.02 Å². The smallest absolute Gasteiger partial charge is 0.262 e. The monoisotopic (exact) mass is 520 g/mol. The van der Waals surface area contributed by atoms with Crippen LogP contribution in [0.3, 0.4) is 0 Å². The number of hydrogen-bond acceptors (Lipinski definition) is 4. The number of carbonyl (C=O) groups is 1. The molecule has 1 aliphatic rings. The highest BCUT2D eigenvalue weighted by molar-refractivity contribution is 9.10. The predicted octanol–water partition coefficient (Wildman–Crippen LogP) is 4.60. The maximum absolute atomic E-state index is 12.8. The minimum atomic E-state index is -0.136. The Hall–Kier alpha value is -2.16. The molecule has 2 heterocycles. The van der Waals surface area contributed by atoms with Gasteiger partial charge in [-0.25, -0.2) is 0 Å². The first-order chi connectivity index (χ1) is 14.9. The number of fused-ring (bicyclic) bond motifs is 1. The molecule has 0 saturated carbocycles. The number of H-pyrrole nitrogens is 1. The van der Waals surface area contributed by atoms with Gasteiger partial charge in [-0.1, -0.05) is 33.6 Å². The number of nitrogens with zero attached hydrogens (tertiary/aromatic N) is 3. The van der Waals surface area contributed by atoms with E-state index >= 15 is 0 Å². The van der Waals surface area contributed by atoms with Crippen LogP contribution < -0.4 is 10.5 Å². The Morgan fingerprint density at radius 3 is 2.65 bits per heavy atom. The van der Waals surface area contributed by atoms with E-state index in [0.717, 1.165) is 23.2 Å². The van der Waals surface area contributed by atoms with E-state index in [2.05, 4.69) is 25.8 Å². The van der Waals surface area contributed by atoms with E-state index in [1.807, 2.05) is 41.3 Å². The molecule has 1 aliphatic heterocycles. The Balaban J connectivity index is 1.34. The summed E-state index contributed by atoms with van der Waals surface area (Å²) in [6.07, 6.45) is 0.944. The number of piperazine rings is 1. The predicted molar refractivity (Wildman–Crippen MR) is 131 cm³/mol. The Labute approximate surface area is 198 Å². The molecular weight excluding hydrogens is 500 g/mol. The second-order valence-electron chi connectivity index (χ2n) is 7.53. The molecule has 6 nitrogen and oxygen atoms in total. The van der Waals surface area contributed by atoms with Gasteiger partial charge in [0.1, 0.15) is 0 Å². The summed E-state index contributed by atoms with van der Waals surface area (Å²) >= 11 is 14.8. The van der Waals surface area contributed by atoms with Crippen LogP contribution in [-0.4, -0.2) is 46.5 Å².